The van der Waals surface area contributed by atoms with Crippen molar-refractivity contribution in [3.8, 4) is 0 Å². The minimum atomic E-state index is 0.109. The molecule has 0 fully saturated rings. The van der Waals surface area contributed by atoms with Crippen LogP contribution in [-0.4, -0.2) is 5.38 Å². The predicted octanol–water partition coefficient (Wildman–Crippen LogP) is 3.92. The molecule has 1 rings (SSSR count). The summed E-state index contributed by atoms with van der Waals surface area (Å²) in [6.07, 6.45) is 5.88. The maximum absolute atomic E-state index is 6.00. The van der Waals surface area contributed by atoms with Crippen LogP contribution in [-0.2, 0) is 0 Å². The summed E-state index contributed by atoms with van der Waals surface area (Å²) in [7, 11) is 0. The maximum Gasteiger partial charge on any atom is 0.0519 e. The van der Waals surface area contributed by atoms with Gasteiger partial charge in [0.25, 0.3) is 0 Å². The van der Waals surface area contributed by atoms with Crippen molar-refractivity contribution >= 4 is 17.7 Å². The Hall–Kier alpha value is -0.750. The SMILES string of the molecule is [CH2]CCC(Cl)C=Cc1ccccc1. The molecule has 1 unspecified atom stereocenters. The lowest BCUT2D eigenvalue weighted by molar-refractivity contribution is 0.875. The fraction of sp³-hybridized carbons (Fsp3) is 0.250. The smallest absolute Gasteiger partial charge is 0.0519 e. The predicted molar refractivity (Wildman–Crippen MR) is 59.7 cm³/mol. The Balaban J connectivity index is 2.49. The highest BCUT2D eigenvalue weighted by atomic mass is 35.5. The van der Waals surface area contributed by atoms with Gasteiger partial charge in [-0.3, -0.25) is 0 Å². The first-order valence-corrected chi connectivity index (χ1v) is 4.93. The Bertz CT molecular complexity index is 251. The second-order valence-corrected chi connectivity index (χ2v) is 3.49. The van der Waals surface area contributed by atoms with Crippen molar-refractivity contribution in [2.45, 2.75) is 18.2 Å². The van der Waals surface area contributed by atoms with Gasteiger partial charge in [-0.15, -0.1) is 11.6 Å². The number of allylic oxidation sites excluding steroid dienone is 1. The Morgan fingerprint density at radius 2 is 2.00 bits per heavy atom. The van der Waals surface area contributed by atoms with E-state index in [1.165, 1.54) is 5.56 Å². The highest BCUT2D eigenvalue weighted by Gasteiger charge is 1.95. The summed E-state index contributed by atoms with van der Waals surface area (Å²) >= 11 is 6.00. The molecule has 0 aliphatic rings. The average molecular weight is 194 g/mol. The zero-order valence-corrected chi connectivity index (χ0v) is 8.37. The maximum atomic E-state index is 6.00. The van der Waals surface area contributed by atoms with Crippen LogP contribution in [0.2, 0.25) is 0 Å². The molecule has 69 valence electrons. The van der Waals surface area contributed by atoms with Crippen LogP contribution in [0, 0.1) is 6.92 Å². The summed E-state index contributed by atoms with van der Waals surface area (Å²) in [6.45, 7) is 3.76. The van der Waals surface area contributed by atoms with E-state index in [1.54, 1.807) is 0 Å². The molecule has 0 aliphatic carbocycles. The minimum absolute atomic E-state index is 0.109. The van der Waals surface area contributed by atoms with Crippen LogP contribution in [0.25, 0.3) is 6.08 Å². The lowest BCUT2D eigenvalue weighted by Gasteiger charge is -1.99. The van der Waals surface area contributed by atoms with Gasteiger partial charge in [0.2, 0.25) is 0 Å². The monoisotopic (exact) mass is 193 g/mol. The molecule has 0 bridgehead atoms. The lowest BCUT2D eigenvalue weighted by atomic mass is 10.1. The minimum Gasteiger partial charge on any atom is -0.118 e. The van der Waals surface area contributed by atoms with Gasteiger partial charge < -0.3 is 0 Å². The second kappa shape index (κ2) is 5.82. The quantitative estimate of drug-likeness (QED) is 0.636. The van der Waals surface area contributed by atoms with E-state index < -0.39 is 0 Å². The fourth-order valence-corrected chi connectivity index (χ4v) is 1.30. The molecule has 0 heterocycles. The number of rotatable bonds is 4. The molecule has 13 heavy (non-hydrogen) atoms. The molecule has 0 nitrogen and oxygen atoms in total. The van der Waals surface area contributed by atoms with Crippen LogP contribution in [0.1, 0.15) is 18.4 Å². The van der Waals surface area contributed by atoms with Crippen LogP contribution in [0.4, 0.5) is 0 Å². The molecule has 0 spiro atoms. The van der Waals surface area contributed by atoms with E-state index in [4.69, 9.17) is 11.6 Å². The first-order valence-electron chi connectivity index (χ1n) is 4.49. The van der Waals surface area contributed by atoms with Crippen molar-refractivity contribution in [3.05, 3.63) is 48.9 Å². The molecule has 0 saturated carbocycles. The summed E-state index contributed by atoms with van der Waals surface area (Å²) < 4.78 is 0. The van der Waals surface area contributed by atoms with E-state index in [9.17, 15) is 0 Å². The van der Waals surface area contributed by atoms with Gasteiger partial charge in [0, 0.05) is 0 Å². The topological polar surface area (TPSA) is 0 Å². The van der Waals surface area contributed by atoms with Gasteiger partial charge >= 0.3 is 0 Å². The standard InChI is InChI=1S/C12H14Cl/c1-2-6-12(13)10-9-11-7-4-3-5-8-11/h3-5,7-10,12H,1-2,6H2. The number of hydrogen-bond acceptors (Lipinski definition) is 0. The summed E-state index contributed by atoms with van der Waals surface area (Å²) in [5.41, 5.74) is 1.19. The van der Waals surface area contributed by atoms with Crippen molar-refractivity contribution in [3.63, 3.8) is 0 Å². The van der Waals surface area contributed by atoms with E-state index >= 15 is 0 Å². The molecule has 0 aromatic heterocycles. The van der Waals surface area contributed by atoms with Crippen molar-refractivity contribution in [1.29, 1.82) is 0 Å². The third kappa shape index (κ3) is 4.14. The Kier molecular flexibility index (Phi) is 4.63. The van der Waals surface area contributed by atoms with Crippen LogP contribution in [0.5, 0.6) is 0 Å². The third-order valence-electron chi connectivity index (χ3n) is 1.78. The van der Waals surface area contributed by atoms with Crippen molar-refractivity contribution in [2.75, 3.05) is 0 Å². The Morgan fingerprint density at radius 3 is 2.62 bits per heavy atom. The molecule has 0 amide bonds. The van der Waals surface area contributed by atoms with Crippen molar-refractivity contribution in [2.24, 2.45) is 0 Å². The number of hydrogen-bond donors (Lipinski definition) is 0. The zero-order valence-electron chi connectivity index (χ0n) is 7.62. The van der Waals surface area contributed by atoms with Crippen LogP contribution in [0.3, 0.4) is 0 Å². The molecule has 1 radical (unpaired) electrons. The lowest BCUT2D eigenvalue weighted by Crippen LogP contribution is -1.90. The molecular weight excluding hydrogens is 180 g/mol. The van der Waals surface area contributed by atoms with E-state index in [2.05, 4.69) is 19.1 Å². The average Bonchev–Trinajstić information content (AvgIpc) is 2.17. The van der Waals surface area contributed by atoms with E-state index in [1.807, 2.05) is 30.4 Å². The van der Waals surface area contributed by atoms with Gasteiger partial charge in [0.15, 0.2) is 0 Å². The normalized spacial score (nSPS) is 13.4. The summed E-state index contributed by atoms with van der Waals surface area (Å²) in [5, 5.41) is 0.109. The van der Waals surface area contributed by atoms with Gasteiger partial charge in [-0.25, -0.2) is 0 Å². The van der Waals surface area contributed by atoms with E-state index in [0.717, 1.165) is 12.8 Å². The van der Waals surface area contributed by atoms with Crippen LogP contribution < -0.4 is 0 Å². The molecule has 0 saturated heterocycles. The van der Waals surface area contributed by atoms with Crippen LogP contribution in [0.15, 0.2) is 36.4 Å². The molecular formula is C12H14Cl. The fourth-order valence-electron chi connectivity index (χ4n) is 1.07. The highest BCUT2D eigenvalue weighted by Crippen LogP contribution is 2.09. The highest BCUT2D eigenvalue weighted by molar-refractivity contribution is 6.22. The molecule has 1 aromatic carbocycles. The number of benzene rings is 1. The Labute approximate surface area is 85.2 Å². The molecule has 1 heteroatoms. The number of alkyl halides is 1. The second-order valence-electron chi connectivity index (χ2n) is 2.93. The van der Waals surface area contributed by atoms with Gasteiger partial charge in [0.05, 0.1) is 5.38 Å². The summed E-state index contributed by atoms with van der Waals surface area (Å²) in [6, 6.07) is 10.2. The molecule has 1 aromatic rings. The third-order valence-corrected chi connectivity index (χ3v) is 2.14. The van der Waals surface area contributed by atoms with Gasteiger partial charge in [-0.1, -0.05) is 55.8 Å². The summed E-state index contributed by atoms with van der Waals surface area (Å²) in [4.78, 5) is 0. The van der Waals surface area contributed by atoms with E-state index in [0.29, 0.717) is 0 Å². The zero-order chi connectivity index (χ0) is 9.52. The molecule has 0 aliphatic heterocycles. The number of halogens is 1. The van der Waals surface area contributed by atoms with E-state index in [-0.39, 0.29) is 5.38 Å². The van der Waals surface area contributed by atoms with Crippen molar-refractivity contribution < 1.29 is 0 Å². The van der Waals surface area contributed by atoms with Crippen LogP contribution >= 0.6 is 11.6 Å². The van der Waals surface area contributed by atoms with Crippen molar-refractivity contribution in [1.82, 2.24) is 0 Å². The largest absolute Gasteiger partial charge is 0.118 e. The molecule has 1 atom stereocenters. The first kappa shape index (κ1) is 10.3. The first-order chi connectivity index (χ1) is 6.33. The summed E-state index contributed by atoms with van der Waals surface area (Å²) in [5.74, 6) is 0. The Morgan fingerprint density at radius 1 is 1.31 bits per heavy atom. The van der Waals surface area contributed by atoms with Gasteiger partial charge in [-0.05, 0) is 12.0 Å². The van der Waals surface area contributed by atoms with Gasteiger partial charge in [-0.2, -0.15) is 0 Å². The molecule has 0 N–H and O–H groups in total. The van der Waals surface area contributed by atoms with Gasteiger partial charge in [0.1, 0.15) is 0 Å².